The van der Waals surface area contributed by atoms with Gasteiger partial charge in [-0.3, -0.25) is 4.79 Å². The largest absolute Gasteiger partial charge is 0.463 e. The van der Waals surface area contributed by atoms with Crippen molar-refractivity contribution in [3.63, 3.8) is 0 Å². The number of esters is 1. The molecule has 6 nitrogen and oxygen atoms in total. The van der Waals surface area contributed by atoms with E-state index in [-0.39, 0.29) is 23.7 Å². The number of rotatable bonds is 10. The summed E-state index contributed by atoms with van der Waals surface area (Å²) in [5.41, 5.74) is 2.04. The maximum atomic E-state index is 12.5. The Labute approximate surface area is 167 Å². The minimum absolute atomic E-state index is 0.185. The van der Waals surface area contributed by atoms with E-state index in [1.165, 1.54) is 0 Å². The molecule has 0 saturated carbocycles. The van der Waals surface area contributed by atoms with Crippen molar-refractivity contribution in [1.29, 1.82) is 0 Å². The number of nitrogens with one attached hydrogen (secondary N) is 1. The smallest absolute Gasteiger partial charge is 0.310 e. The highest BCUT2D eigenvalue weighted by Crippen LogP contribution is 2.17. The van der Waals surface area contributed by atoms with Gasteiger partial charge in [0.25, 0.3) is 0 Å². The number of carbonyl (C=O) groups excluding carboxylic acids is 1. The number of hydrogen-bond donors (Lipinski definition) is 1. The Morgan fingerprint density at radius 1 is 1.00 bits per heavy atom. The van der Waals surface area contributed by atoms with Crippen LogP contribution in [0.2, 0.25) is 0 Å². The predicted molar refractivity (Wildman–Crippen MR) is 108 cm³/mol. The van der Waals surface area contributed by atoms with Crippen molar-refractivity contribution in [1.82, 2.24) is 5.32 Å². The van der Waals surface area contributed by atoms with Crippen LogP contribution in [0.5, 0.6) is 5.75 Å². The van der Waals surface area contributed by atoms with Crippen molar-refractivity contribution in [2.24, 2.45) is 5.92 Å². The normalized spacial score (nSPS) is 12.6. The van der Waals surface area contributed by atoms with Crippen LogP contribution in [0, 0.1) is 5.92 Å². The summed E-state index contributed by atoms with van der Waals surface area (Å²) in [6.45, 7) is 4.78. The molecular weight excluding hydrogens is 378 g/mol. The quantitative estimate of drug-likeness (QED) is 0.483. The molecule has 2 aromatic carbocycles. The number of benzene rings is 2. The summed E-state index contributed by atoms with van der Waals surface area (Å²) in [6, 6.07) is 16.6. The minimum atomic E-state index is -3.56. The second-order valence-electron chi connectivity index (χ2n) is 6.93. The number of ether oxygens (including phenoxy) is 1. The van der Waals surface area contributed by atoms with Gasteiger partial charge in [-0.1, -0.05) is 42.5 Å². The molecule has 0 heterocycles. The van der Waals surface area contributed by atoms with Gasteiger partial charge in [-0.15, -0.1) is 0 Å². The van der Waals surface area contributed by atoms with Gasteiger partial charge in [-0.05, 0) is 43.5 Å². The van der Waals surface area contributed by atoms with E-state index in [4.69, 9.17) is 8.92 Å². The first kappa shape index (κ1) is 21.9. The number of carbonyl (C=O) groups is 1. The first-order valence-corrected chi connectivity index (χ1v) is 11.0. The molecule has 0 fully saturated rings. The lowest BCUT2D eigenvalue weighted by Gasteiger charge is -2.19. The third-order valence-corrected chi connectivity index (χ3v) is 4.40. The summed E-state index contributed by atoms with van der Waals surface area (Å²) in [5.74, 6) is -0.366. The van der Waals surface area contributed by atoms with Crippen LogP contribution < -0.4 is 9.50 Å². The third-order valence-electron chi connectivity index (χ3n) is 3.90. The van der Waals surface area contributed by atoms with Crippen LogP contribution in [-0.4, -0.2) is 33.3 Å². The van der Waals surface area contributed by atoms with Gasteiger partial charge in [0.2, 0.25) is 0 Å². The minimum Gasteiger partial charge on any atom is -0.463 e. The molecular formula is C21H27NO5S. The van der Waals surface area contributed by atoms with Crippen LogP contribution >= 0.6 is 0 Å². The summed E-state index contributed by atoms with van der Waals surface area (Å²) in [5, 5.41) is 3.31. The van der Waals surface area contributed by atoms with Crippen LogP contribution in [0.15, 0.2) is 54.6 Å². The van der Waals surface area contributed by atoms with E-state index in [1.54, 1.807) is 24.3 Å². The van der Waals surface area contributed by atoms with E-state index in [0.717, 1.165) is 17.4 Å². The summed E-state index contributed by atoms with van der Waals surface area (Å²) in [6.07, 6.45) is 1.29. The Hall–Kier alpha value is -2.38. The summed E-state index contributed by atoms with van der Waals surface area (Å²) in [7, 11) is -3.56. The van der Waals surface area contributed by atoms with Gasteiger partial charge in [0.05, 0.1) is 18.3 Å². The Bertz CT molecular complexity index is 848. The average molecular weight is 406 g/mol. The van der Waals surface area contributed by atoms with E-state index < -0.39 is 10.1 Å². The fourth-order valence-electron chi connectivity index (χ4n) is 2.69. The number of hydrogen-bond acceptors (Lipinski definition) is 6. The van der Waals surface area contributed by atoms with Crippen molar-refractivity contribution in [2.75, 3.05) is 12.8 Å². The van der Waals surface area contributed by atoms with Crippen molar-refractivity contribution in [2.45, 2.75) is 32.9 Å². The molecule has 0 aromatic heterocycles. The Kier molecular flexibility index (Phi) is 8.02. The van der Waals surface area contributed by atoms with E-state index >= 15 is 0 Å². The van der Waals surface area contributed by atoms with Crippen LogP contribution in [0.4, 0.5) is 0 Å². The molecule has 0 bridgehead atoms. The van der Waals surface area contributed by atoms with Crippen molar-refractivity contribution in [3.05, 3.63) is 65.7 Å². The summed E-state index contributed by atoms with van der Waals surface area (Å²) in [4.78, 5) is 12.5. The molecule has 0 radical (unpaired) electrons. The SMILES string of the molecule is CC(C)OC(=O)C(CNCc1ccccc1)Cc1ccc(OS(C)(=O)=O)cc1. The zero-order chi connectivity index (χ0) is 20.6. The van der Waals surface area contributed by atoms with Gasteiger partial charge in [0.15, 0.2) is 0 Å². The van der Waals surface area contributed by atoms with E-state index in [0.29, 0.717) is 19.5 Å². The van der Waals surface area contributed by atoms with Crippen molar-refractivity contribution in [3.8, 4) is 5.75 Å². The van der Waals surface area contributed by atoms with Crippen molar-refractivity contribution >= 4 is 16.1 Å². The van der Waals surface area contributed by atoms with E-state index in [1.807, 2.05) is 44.2 Å². The highest BCUT2D eigenvalue weighted by Gasteiger charge is 2.21. The highest BCUT2D eigenvalue weighted by molar-refractivity contribution is 7.86. The molecule has 0 spiro atoms. The molecule has 1 atom stereocenters. The topological polar surface area (TPSA) is 81.7 Å². The Morgan fingerprint density at radius 2 is 1.64 bits per heavy atom. The summed E-state index contributed by atoms with van der Waals surface area (Å²) < 4.78 is 32.6. The van der Waals surface area contributed by atoms with E-state index in [2.05, 4.69) is 5.32 Å². The van der Waals surface area contributed by atoms with Crippen molar-refractivity contribution < 1.29 is 22.1 Å². The molecule has 0 aliphatic heterocycles. The van der Waals surface area contributed by atoms with Crippen LogP contribution in [-0.2, 0) is 32.6 Å². The molecule has 1 N–H and O–H groups in total. The first-order chi connectivity index (χ1) is 13.2. The predicted octanol–water partition coefficient (Wildman–Crippen LogP) is 2.93. The molecule has 2 aromatic rings. The van der Waals surface area contributed by atoms with Gasteiger partial charge in [-0.2, -0.15) is 8.42 Å². The second-order valence-corrected chi connectivity index (χ2v) is 8.51. The maximum absolute atomic E-state index is 12.5. The monoisotopic (exact) mass is 405 g/mol. The lowest BCUT2D eigenvalue weighted by molar-refractivity contribution is -0.152. The fraction of sp³-hybridized carbons (Fsp3) is 0.381. The maximum Gasteiger partial charge on any atom is 0.310 e. The molecule has 0 aliphatic rings. The molecule has 0 aliphatic carbocycles. The highest BCUT2D eigenvalue weighted by atomic mass is 32.2. The van der Waals surface area contributed by atoms with Gasteiger partial charge >= 0.3 is 16.1 Å². The standard InChI is InChI=1S/C21H27NO5S/c1-16(2)26-21(23)19(15-22-14-18-7-5-4-6-8-18)13-17-9-11-20(12-10-17)27-28(3,24)25/h4-12,16,19,22H,13-15H2,1-3H3. The van der Waals surface area contributed by atoms with Gasteiger partial charge in [0, 0.05) is 13.1 Å². The molecule has 2 rings (SSSR count). The van der Waals surface area contributed by atoms with Crippen LogP contribution in [0.3, 0.4) is 0 Å². The lowest BCUT2D eigenvalue weighted by Crippen LogP contribution is -2.32. The molecule has 152 valence electrons. The lowest BCUT2D eigenvalue weighted by atomic mass is 9.99. The molecule has 7 heteroatoms. The third kappa shape index (κ3) is 8.10. The molecule has 28 heavy (non-hydrogen) atoms. The van der Waals surface area contributed by atoms with Crippen LogP contribution in [0.1, 0.15) is 25.0 Å². The van der Waals surface area contributed by atoms with Gasteiger partial charge in [-0.25, -0.2) is 0 Å². The zero-order valence-corrected chi connectivity index (χ0v) is 17.2. The average Bonchev–Trinajstić information content (AvgIpc) is 2.61. The fourth-order valence-corrected chi connectivity index (χ4v) is 3.16. The van der Waals surface area contributed by atoms with Crippen LogP contribution in [0.25, 0.3) is 0 Å². The molecule has 0 saturated heterocycles. The van der Waals surface area contributed by atoms with E-state index in [9.17, 15) is 13.2 Å². The molecule has 1 unspecified atom stereocenters. The first-order valence-electron chi connectivity index (χ1n) is 9.16. The molecule has 0 amide bonds. The Morgan fingerprint density at radius 3 is 2.21 bits per heavy atom. The zero-order valence-electron chi connectivity index (χ0n) is 16.4. The summed E-state index contributed by atoms with van der Waals surface area (Å²) >= 11 is 0. The second kappa shape index (κ2) is 10.2. The Balaban J connectivity index is 2.01. The van der Waals surface area contributed by atoms with Gasteiger partial charge < -0.3 is 14.2 Å². The van der Waals surface area contributed by atoms with Gasteiger partial charge in [0.1, 0.15) is 5.75 Å².